The number of benzene rings is 1. The molecule has 0 atom stereocenters. The summed E-state index contributed by atoms with van der Waals surface area (Å²) >= 11 is 6.86. The molecular weight excluding hydrogens is 347 g/mol. The fourth-order valence-corrected chi connectivity index (χ4v) is 4.34. The number of anilines is 2. The van der Waals surface area contributed by atoms with Crippen LogP contribution in [0.2, 0.25) is 0 Å². The number of thiophene rings is 1. The molecule has 2 N–H and O–H groups in total. The normalized spacial score (nSPS) is 13.1. The van der Waals surface area contributed by atoms with Crippen molar-refractivity contribution in [2.75, 3.05) is 17.7 Å². The lowest BCUT2D eigenvalue weighted by atomic mass is 9.95. The minimum absolute atomic E-state index is 0.307. The molecule has 7 heteroatoms. The molecule has 4 nitrogen and oxygen atoms in total. The summed E-state index contributed by atoms with van der Waals surface area (Å²) < 4.78 is 17.9. The summed E-state index contributed by atoms with van der Waals surface area (Å²) in [6.07, 6.45) is 4.07. The Bertz CT molecular complexity index is 772. The van der Waals surface area contributed by atoms with Crippen LogP contribution in [0.3, 0.4) is 0 Å². The summed E-state index contributed by atoms with van der Waals surface area (Å²) in [5.41, 5.74) is 2.33. The maximum atomic E-state index is 13.0. The van der Waals surface area contributed by atoms with Gasteiger partial charge in [0.1, 0.15) is 10.8 Å². The van der Waals surface area contributed by atoms with Crippen LogP contribution in [0.5, 0.6) is 0 Å². The summed E-state index contributed by atoms with van der Waals surface area (Å²) in [7, 11) is 1.38. The first-order valence-corrected chi connectivity index (χ1v) is 8.87. The summed E-state index contributed by atoms with van der Waals surface area (Å²) in [5.74, 6) is -0.653. The van der Waals surface area contributed by atoms with E-state index in [1.807, 2.05) is 0 Å². The van der Waals surface area contributed by atoms with Crippen LogP contribution in [0.25, 0.3) is 0 Å². The fourth-order valence-electron chi connectivity index (χ4n) is 2.77. The highest BCUT2D eigenvalue weighted by molar-refractivity contribution is 7.80. The highest BCUT2D eigenvalue weighted by Crippen LogP contribution is 2.38. The third kappa shape index (κ3) is 3.57. The quantitative estimate of drug-likeness (QED) is 0.626. The first-order valence-electron chi connectivity index (χ1n) is 7.65. The largest absolute Gasteiger partial charge is 0.465 e. The van der Waals surface area contributed by atoms with Crippen LogP contribution in [0, 0.1) is 5.82 Å². The molecule has 0 amide bonds. The molecule has 1 aliphatic carbocycles. The monoisotopic (exact) mass is 364 g/mol. The van der Waals surface area contributed by atoms with E-state index >= 15 is 0 Å². The highest BCUT2D eigenvalue weighted by atomic mass is 32.1. The maximum Gasteiger partial charge on any atom is 0.341 e. The summed E-state index contributed by atoms with van der Waals surface area (Å²) in [4.78, 5) is 13.4. The first-order chi connectivity index (χ1) is 11.6. The van der Waals surface area contributed by atoms with Gasteiger partial charge in [0.05, 0.1) is 12.7 Å². The van der Waals surface area contributed by atoms with Gasteiger partial charge in [-0.3, -0.25) is 0 Å². The van der Waals surface area contributed by atoms with Crippen molar-refractivity contribution in [3.05, 3.63) is 46.1 Å². The number of ether oxygens (including phenoxy) is 1. The molecule has 0 fully saturated rings. The second kappa shape index (κ2) is 7.27. The zero-order valence-electron chi connectivity index (χ0n) is 13.1. The number of rotatable bonds is 3. The van der Waals surface area contributed by atoms with Crippen molar-refractivity contribution >= 4 is 45.3 Å². The smallest absolute Gasteiger partial charge is 0.341 e. The van der Waals surface area contributed by atoms with E-state index in [1.165, 1.54) is 24.1 Å². The van der Waals surface area contributed by atoms with Gasteiger partial charge in [0, 0.05) is 10.6 Å². The minimum atomic E-state index is -0.346. The van der Waals surface area contributed by atoms with Crippen molar-refractivity contribution in [1.29, 1.82) is 0 Å². The number of aryl methyl sites for hydroxylation is 1. The van der Waals surface area contributed by atoms with Gasteiger partial charge in [0.2, 0.25) is 0 Å². The van der Waals surface area contributed by atoms with Crippen LogP contribution < -0.4 is 10.6 Å². The van der Waals surface area contributed by atoms with Gasteiger partial charge in [0.15, 0.2) is 5.11 Å². The van der Waals surface area contributed by atoms with Gasteiger partial charge < -0.3 is 15.4 Å². The maximum absolute atomic E-state index is 13.0. The Kier molecular flexibility index (Phi) is 5.11. The number of methoxy groups -OCH3 is 1. The molecule has 1 heterocycles. The molecule has 0 unspecified atom stereocenters. The average Bonchev–Trinajstić information content (AvgIpc) is 2.94. The number of thiocarbonyl (C=S) groups is 1. The number of hydrogen-bond donors (Lipinski definition) is 2. The summed E-state index contributed by atoms with van der Waals surface area (Å²) in [6, 6.07) is 5.91. The van der Waals surface area contributed by atoms with E-state index in [0.717, 1.165) is 31.2 Å². The Morgan fingerprint density at radius 2 is 1.92 bits per heavy atom. The summed E-state index contributed by atoms with van der Waals surface area (Å²) in [6.45, 7) is 0. The van der Waals surface area contributed by atoms with Crippen molar-refractivity contribution in [3.63, 3.8) is 0 Å². The zero-order chi connectivity index (χ0) is 17.1. The lowest BCUT2D eigenvalue weighted by Crippen LogP contribution is -2.20. The topological polar surface area (TPSA) is 50.4 Å². The summed E-state index contributed by atoms with van der Waals surface area (Å²) in [5, 5.41) is 7.14. The number of hydrogen-bond acceptors (Lipinski definition) is 4. The van der Waals surface area contributed by atoms with Crippen molar-refractivity contribution in [1.82, 2.24) is 0 Å². The SMILES string of the molecule is COC(=O)c1c(NC(=S)Nc2ccc(F)cc2)sc2c1CCCC2. The number of fused-ring (bicyclic) bond motifs is 1. The van der Waals surface area contributed by atoms with Gasteiger partial charge in [-0.05, 0) is 67.7 Å². The van der Waals surface area contributed by atoms with E-state index in [9.17, 15) is 9.18 Å². The fraction of sp³-hybridized carbons (Fsp3) is 0.294. The Morgan fingerprint density at radius 3 is 2.62 bits per heavy atom. The number of halogens is 1. The van der Waals surface area contributed by atoms with Gasteiger partial charge in [-0.25, -0.2) is 9.18 Å². The molecule has 0 radical (unpaired) electrons. The predicted octanol–water partition coefficient (Wildman–Crippen LogP) is 4.36. The van der Waals surface area contributed by atoms with E-state index in [2.05, 4.69) is 10.6 Å². The van der Waals surface area contributed by atoms with E-state index in [1.54, 1.807) is 23.5 Å². The number of carbonyl (C=O) groups excluding carboxylic acids is 1. The molecule has 1 aromatic carbocycles. The number of carbonyl (C=O) groups is 1. The molecule has 3 rings (SSSR count). The third-order valence-electron chi connectivity index (χ3n) is 3.89. The second-order valence-corrected chi connectivity index (χ2v) is 7.01. The van der Waals surface area contributed by atoms with E-state index in [4.69, 9.17) is 17.0 Å². The standard InChI is InChI=1S/C17H17FN2O2S2/c1-22-16(21)14-12-4-2-3-5-13(12)24-15(14)20-17(23)19-11-8-6-10(18)7-9-11/h6-9H,2-5H2,1H3,(H2,19,20,23). The number of esters is 1. The molecule has 2 aromatic rings. The molecule has 0 saturated carbocycles. The highest BCUT2D eigenvalue weighted by Gasteiger charge is 2.26. The van der Waals surface area contributed by atoms with Crippen LogP contribution in [0.15, 0.2) is 24.3 Å². The molecule has 1 aliphatic rings. The second-order valence-electron chi connectivity index (χ2n) is 5.49. The van der Waals surface area contributed by atoms with E-state index in [0.29, 0.717) is 21.4 Å². The van der Waals surface area contributed by atoms with Gasteiger partial charge in [0.25, 0.3) is 0 Å². The Balaban J connectivity index is 1.81. The van der Waals surface area contributed by atoms with Crippen molar-refractivity contribution < 1.29 is 13.9 Å². The molecule has 126 valence electrons. The van der Waals surface area contributed by atoms with Gasteiger partial charge in [-0.2, -0.15) is 0 Å². The van der Waals surface area contributed by atoms with Gasteiger partial charge >= 0.3 is 5.97 Å². The lowest BCUT2D eigenvalue weighted by molar-refractivity contribution is 0.0601. The minimum Gasteiger partial charge on any atom is -0.465 e. The van der Waals surface area contributed by atoms with Crippen LogP contribution >= 0.6 is 23.6 Å². The van der Waals surface area contributed by atoms with Crippen LogP contribution in [-0.4, -0.2) is 18.2 Å². The molecule has 0 bridgehead atoms. The average molecular weight is 364 g/mol. The Labute approximate surface area is 149 Å². The molecular formula is C17H17FN2O2S2. The predicted molar refractivity (Wildman–Crippen MR) is 98.5 cm³/mol. The molecule has 0 spiro atoms. The number of nitrogens with one attached hydrogen (secondary N) is 2. The van der Waals surface area contributed by atoms with Crippen LogP contribution in [0.4, 0.5) is 15.1 Å². The van der Waals surface area contributed by atoms with Gasteiger partial charge in [-0.1, -0.05) is 0 Å². The van der Waals surface area contributed by atoms with Crippen molar-refractivity contribution in [3.8, 4) is 0 Å². The molecule has 0 saturated heterocycles. The lowest BCUT2D eigenvalue weighted by Gasteiger charge is -2.12. The molecule has 24 heavy (non-hydrogen) atoms. The Hall–Kier alpha value is -1.99. The Morgan fingerprint density at radius 1 is 1.21 bits per heavy atom. The van der Waals surface area contributed by atoms with E-state index < -0.39 is 0 Å². The van der Waals surface area contributed by atoms with Crippen molar-refractivity contribution in [2.24, 2.45) is 0 Å². The molecule has 1 aromatic heterocycles. The van der Waals surface area contributed by atoms with Gasteiger partial charge in [-0.15, -0.1) is 11.3 Å². The zero-order valence-corrected chi connectivity index (χ0v) is 14.8. The van der Waals surface area contributed by atoms with Crippen LogP contribution in [0.1, 0.15) is 33.6 Å². The third-order valence-corrected chi connectivity index (χ3v) is 5.30. The van der Waals surface area contributed by atoms with Crippen LogP contribution in [-0.2, 0) is 17.6 Å². The first kappa shape index (κ1) is 16.9. The molecule has 0 aliphatic heterocycles. The van der Waals surface area contributed by atoms with E-state index in [-0.39, 0.29) is 11.8 Å². The van der Waals surface area contributed by atoms with Crippen molar-refractivity contribution in [2.45, 2.75) is 25.7 Å².